The molecule has 0 spiro atoms. The first-order valence-corrected chi connectivity index (χ1v) is 13.6. The number of benzene rings is 2. The molecule has 1 heterocycles. The van der Waals surface area contributed by atoms with Crippen LogP contribution in [0.25, 0.3) is 11.4 Å². The van der Waals surface area contributed by atoms with Crippen molar-refractivity contribution in [3.8, 4) is 23.7 Å². The first-order valence-electron chi connectivity index (χ1n) is 13.6. The minimum atomic E-state index is -0.567. The van der Waals surface area contributed by atoms with Gasteiger partial charge in [-0.2, -0.15) is 4.98 Å². The second kappa shape index (κ2) is 11.9. The molecular formula is C31H34FN3O3. The monoisotopic (exact) mass is 515 g/mol. The van der Waals surface area contributed by atoms with Gasteiger partial charge in [-0.1, -0.05) is 61.2 Å². The molecule has 3 atom stereocenters. The van der Waals surface area contributed by atoms with Crippen LogP contribution in [0.15, 0.2) is 59.1 Å². The highest BCUT2D eigenvalue weighted by Gasteiger charge is 2.47. The van der Waals surface area contributed by atoms with E-state index in [0.717, 1.165) is 50.5 Å². The maximum atomic E-state index is 13.7. The lowest BCUT2D eigenvalue weighted by Crippen LogP contribution is -2.48. The van der Waals surface area contributed by atoms with Crippen molar-refractivity contribution in [2.75, 3.05) is 6.54 Å². The Morgan fingerprint density at radius 1 is 1.11 bits per heavy atom. The van der Waals surface area contributed by atoms with Crippen LogP contribution < -0.4 is 5.32 Å². The fourth-order valence-electron chi connectivity index (χ4n) is 5.83. The Kier molecular flexibility index (Phi) is 8.19. The standard InChI is InChI=1S/C31H34FN3O3/c1-2-22-20-27(37-30(36)31(17-8-3-4-9-18-31)24-10-6-5-7-11-24)26(22)16-19-33-21-28-34-29(35-38-28)23-12-14-25(32)15-13-23/h1,5-7,10-15,22,26-27,33H,3-4,8-9,16-21H2. The van der Waals surface area contributed by atoms with Gasteiger partial charge < -0.3 is 14.6 Å². The number of hydrogen-bond acceptors (Lipinski definition) is 6. The van der Waals surface area contributed by atoms with Crippen LogP contribution in [0.1, 0.15) is 62.8 Å². The van der Waals surface area contributed by atoms with E-state index in [9.17, 15) is 9.18 Å². The summed E-state index contributed by atoms with van der Waals surface area (Å²) in [6, 6.07) is 16.1. The van der Waals surface area contributed by atoms with Gasteiger partial charge in [0, 0.05) is 17.4 Å². The molecule has 0 aliphatic heterocycles. The molecule has 6 nitrogen and oxygen atoms in total. The van der Waals surface area contributed by atoms with Crippen LogP contribution in [0.5, 0.6) is 0 Å². The van der Waals surface area contributed by atoms with E-state index in [1.165, 1.54) is 12.1 Å². The highest BCUT2D eigenvalue weighted by atomic mass is 19.1. The van der Waals surface area contributed by atoms with E-state index in [2.05, 4.69) is 33.5 Å². The first-order chi connectivity index (χ1) is 18.6. The van der Waals surface area contributed by atoms with Crippen LogP contribution in [-0.4, -0.2) is 28.8 Å². The molecule has 0 bridgehead atoms. The lowest BCUT2D eigenvalue weighted by atomic mass is 9.69. The average molecular weight is 516 g/mol. The van der Waals surface area contributed by atoms with Crippen molar-refractivity contribution < 1.29 is 18.4 Å². The van der Waals surface area contributed by atoms with Gasteiger partial charge >= 0.3 is 5.97 Å². The summed E-state index contributed by atoms with van der Waals surface area (Å²) in [6.07, 6.45) is 13.2. The Balaban J connectivity index is 1.16. The predicted octanol–water partition coefficient (Wildman–Crippen LogP) is 5.83. The van der Waals surface area contributed by atoms with E-state index >= 15 is 0 Å². The van der Waals surface area contributed by atoms with Gasteiger partial charge in [0.1, 0.15) is 11.9 Å². The van der Waals surface area contributed by atoms with Gasteiger partial charge in [-0.25, -0.2) is 4.39 Å². The molecule has 1 aromatic heterocycles. The molecular weight excluding hydrogens is 481 g/mol. The Morgan fingerprint density at radius 2 is 1.84 bits per heavy atom. The molecule has 2 aliphatic rings. The summed E-state index contributed by atoms with van der Waals surface area (Å²) >= 11 is 0. The van der Waals surface area contributed by atoms with Gasteiger partial charge in [0.05, 0.1) is 12.0 Å². The lowest BCUT2D eigenvalue weighted by Gasteiger charge is -2.43. The van der Waals surface area contributed by atoms with Crippen molar-refractivity contribution in [2.24, 2.45) is 11.8 Å². The zero-order chi connectivity index (χ0) is 26.4. The minimum Gasteiger partial charge on any atom is -0.461 e. The smallest absolute Gasteiger partial charge is 0.316 e. The van der Waals surface area contributed by atoms with Gasteiger partial charge in [0.25, 0.3) is 0 Å². The number of rotatable bonds is 9. The number of aromatic nitrogens is 2. The number of carbonyl (C=O) groups excluding carboxylic acids is 1. The highest BCUT2D eigenvalue weighted by Crippen LogP contribution is 2.44. The third kappa shape index (κ3) is 5.66. The van der Waals surface area contributed by atoms with E-state index in [-0.39, 0.29) is 29.7 Å². The summed E-state index contributed by atoms with van der Waals surface area (Å²) in [5.74, 6) is 3.57. The molecule has 2 aromatic carbocycles. The number of nitrogens with one attached hydrogen (secondary N) is 1. The predicted molar refractivity (Wildman–Crippen MR) is 142 cm³/mol. The fourth-order valence-corrected chi connectivity index (χ4v) is 5.83. The summed E-state index contributed by atoms with van der Waals surface area (Å²) in [6.45, 7) is 1.08. The van der Waals surface area contributed by atoms with Gasteiger partial charge in [0.15, 0.2) is 0 Å². The summed E-state index contributed by atoms with van der Waals surface area (Å²) in [5, 5.41) is 7.31. The number of ether oxygens (including phenoxy) is 1. The van der Waals surface area contributed by atoms with E-state index in [1.807, 2.05) is 18.2 Å². The Hall–Kier alpha value is -3.50. The number of nitrogens with zero attached hydrogens (tertiary/aromatic N) is 2. The van der Waals surface area contributed by atoms with Crippen LogP contribution in [0.4, 0.5) is 4.39 Å². The molecule has 0 radical (unpaired) electrons. The third-order valence-electron chi connectivity index (χ3n) is 8.13. The van der Waals surface area contributed by atoms with Crippen LogP contribution in [0.2, 0.25) is 0 Å². The number of terminal acetylenes is 1. The minimum absolute atomic E-state index is 0.0942. The molecule has 5 rings (SSSR count). The zero-order valence-electron chi connectivity index (χ0n) is 21.6. The number of carbonyl (C=O) groups is 1. The van der Waals surface area contributed by atoms with Gasteiger partial charge in [0.2, 0.25) is 11.7 Å². The normalized spacial score (nSPS) is 22.6. The molecule has 2 aliphatic carbocycles. The molecule has 0 saturated heterocycles. The molecule has 0 amide bonds. The molecule has 198 valence electrons. The SMILES string of the molecule is C#CC1CC(OC(=O)C2(c3ccccc3)CCCCCC2)C1CCNCc1nc(-c2ccc(F)cc2)no1. The second-order valence-electron chi connectivity index (χ2n) is 10.5. The molecule has 3 aromatic rings. The summed E-state index contributed by atoms with van der Waals surface area (Å²) in [4.78, 5) is 18.1. The number of esters is 1. The number of hydrogen-bond donors (Lipinski definition) is 1. The largest absolute Gasteiger partial charge is 0.461 e. The molecule has 2 fully saturated rings. The van der Waals surface area contributed by atoms with Crippen molar-refractivity contribution >= 4 is 5.97 Å². The maximum absolute atomic E-state index is 13.7. The first kappa shape index (κ1) is 26.1. The molecule has 7 heteroatoms. The van der Waals surface area contributed by atoms with E-state index in [1.54, 1.807) is 12.1 Å². The molecule has 3 unspecified atom stereocenters. The topological polar surface area (TPSA) is 77.2 Å². The zero-order valence-corrected chi connectivity index (χ0v) is 21.6. The Morgan fingerprint density at radius 3 is 2.55 bits per heavy atom. The summed E-state index contributed by atoms with van der Waals surface area (Å²) in [7, 11) is 0. The Labute approximate surface area is 223 Å². The van der Waals surface area contributed by atoms with Crippen LogP contribution >= 0.6 is 0 Å². The molecule has 38 heavy (non-hydrogen) atoms. The van der Waals surface area contributed by atoms with E-state index in [4.69, 9.17) is 15.7 Å². The van der Waals surface area contributed by atoms with Crippen molar-refractivity contribution in [2.45, 2.75) is 69.4 Å². The van der Waals surface area contributed by atoms with E-state index < -0.39 is 5.41 Å². The van der Waals surface area contributed by atoms with Gasteiger partial charge in [-0.15, -0.1) is 12.3 Å². The Bertz CT molecular complexity index is 1240. The number of halogens is 1. The molecule has 2 saturated carbocycles. The second-order valence-corrected chi connectivity index (χ2v) is 10.5. The maximum Gasteiger partial charge on any atom is 0.316 e. The lowest BCUT2D eigenvalue weighted by molar-refractivity contribution is -0.169. The summed E-state index contributed by atoms with van der Waals surface area (Å²) in [5.41, 5.74) is 1.19. The van der Waals surface area contributed by atoms with Crippen molar-refractivity contribution in [3.63, 3.8) is 0 Å². The van der Waals surface area contributed by atoms with Crippen molar-refractivity contribution in [3.05, 3.63) is 71.9 Å². The fraction of sp³-hybridized carbons (Fsp3) is 0.452. The van der Waals surface area contributed by atoms with Gasteiger partial charge in [-0.3, -0.25) is 4.79 Å². The van der Waals surface area contributed by atoms with Crippen molar-refractivity contribution in [1.82, 2.24) is 15.5 Å². The van der Waals surface area contributed by atoms with Gasteiger partial charge in [-0.05, 0) is 62.1 Å². The van der Waals surface area contributed by atoms with Crippen LogP contribution in [-0.2, 0) is 21.5 Å². The van der Waals surface area contributed by atoms with Crippen LogP contribution in [0, 0.1) is 30.0 Å². The highest BCUT2D eigenvalue weighted by molar-refractivity contribution is 5.83. The summed E-state index contributed by atoms with van der Waals surface area (Å²) < 4.78 is 24.7. The van der Waals surface area contributed by atoms with E-state index in [0.29, 0.717) is 36.8 Å². The van der Waals surface area contributed by atoms with Crippen molar-refractivity contribution in [1.29, 1.82) is 0 Å². The average Bonchev–Trinajstić information content (AvgIpc) is 3.26. The third-order valence-corrected chi connectivity index (χ3v) is 8.13. The van der Waals surface area contributed by atoms with Crippen LogP contribution in [0.3, 0.4) is 0 Å². The molecule has 1 N–H and O–H groups in total. The quantitative estimate of drug-likeness (QED) is 0.167.